The summed E-state index contributed by atoms with van der Waals surface area (Å²) in [4.78, 5) is 13.2. The van der Waals surface area contributed by atoms with E-state index in [-0.39, 0.29) is 19.8 Å². The third-order valence-corrected chi connectivity index (χ3v) is 15.7. The fourth-order valence-corrected chi connectivity index (χ4v) is 9.30. The molecule has 0 N–H and O–H groups in total. The van der Waals surface area contributed by atoms with Gasteiger partial charge < -0.3 is 4.43 Å². The molecule has 2 fully saturated rings. The average Bonchev–Trinajstić information content (AvgIpc) is 3.02. The van der Waals surface area contributed by atoms with E-state index in [1.165, 1.54) is 23.3 Å². The summed E-state index contributed by atoms with van der Waals surface area (Å²) in [5.41, 5.74) is 0. The van der Waals surface area contributed by atoms with Gasteiger partial charge in [-0.1, -0.05) is 60.2 Å². The number of carbonyl (C=O) groups is 1. The predicted octanol–water partition coefficient (Wildman–Crippen LogP) is 6.52. The Bertz CT molecular complexity index is 516. The molecule has 0 amide bonds. The molecule has 2 rings (SSSR count). The molecule has 2 nitrogen and oxygen atoms in total. The number of thioether (sulfide) groups is 3. The Hall–Kier alpha value is 0.897. The molecular formula is C20H38O2S3Si. The Balaban J connectivity index is 2.19. The molecule has 1 heterocycles. The third-order valence-electron chi connectivity index (χ3n) is 6.29. The van der Waals surface area contributed by atoms with Crippen molar-refractivity contribution in [1.29, 1.82) is 0 Å². The molecule has 1 aliphatic carbocycles. The molecule has 0 aromatic heterocycles. The highest BCUT2D eigenvalue weighted by Gasteiger charge is 2.56. The van der Waals surface area contributed by atoms with Crippen molar-refractivity contribution in [2.24, 2.45) is 17.8 Å². The molecule has 1 saturated heterocycles. The monoisotopic (exact) mass is 434 g/mol. The first-order valence-electron chi connectivity index (χ1n) is 9.83. The second-order valence-electron chi connectivity index (χ2n) is 10.4. The minimum atomic E-state index is -1.80. The van der Waals surface area contributed by atoms with E-state index in [0.717, 1.165) is 13.0 Å². The van der Waals surface area contributed by atoms with E-state index in [1.807, 2.05) is 0 Å². The first kappa shape index (κ1) is 23.2. The number of hydrogen-bond donors (Lipinski definition) is 0. The second-order valence-corrected chi connectivity index (χ2v) is 20.1. The molecule has 6 heteroatoms. The Kier molecular flexibility index (Phi) is 7.10. The van der Waals surface area contributed by atoms with Crippen LogP contribution < -0.4 is 0 Å². The van der Waals surface area contributed by atoms with E-state index < -0.39 is 8.32 Å². The van der Waals surface area contributed by atoms with Gasteiger partial charge in [0.2, 0.25) is 0 Å². The summed E-state index contributed by atoms with van der Waals surface area (Å²) in [6.45, 7) is 21.1. The van der Waals surface area contributed by atoms with Gasteiger partial charge in [0.05, 0.1) is 4.08 Å². The molecule has 0 aromatic carbocycles. The summed E-state index contributed by atoms with van der Waals surface area (Å²) in [7, 11) is -1.80. The zero-order chi connectivity index (χ0) is 20.0. The largest absolute Gasteiger partial charge is 0.417 e. The molecule has 2 aliphatic rings. The van der Waals surface area contributed by atoms with E-state index in [2.05, 4.69) is 85.1 Å². The maximum absolute atomic E-state index is 13.2. The molecule has 0 bridgehead atoms. The molecule has 3 atom stereocenters. The van der Waals surface area contributed by atoms with Crippen LogP contribution >= 0.6 is 35.3 Å². The van der Waals surface area contributed by atoms with Crippen molar-refractivity contribution < 1.29 is 9.22 Å². The average molecular weight is 435 g/mol. The molecule has 1 aliphatic heterocycles. The van der Waals surface area contributed by atoms with Crippen molar-refractivity contribution in [3.05, 3.63) is 0 Å². The topological polar surface area (TPSA) is 26.3 Å². The maximum atomic E-state index is 13.2. The van der Waals surface area contributed by atoms with Gasteiger partial charge in [-0.05, 0) is 36.4 Å². The van der Waals surface area contributed by atoms with Crippen LogP contribution in [0.25, 0.3) is 0 Å². The van der Waals surface area contributed by atoms with Crippen LogP contribution in [0.3, 0.4) is 0 Å². The highest BCUT2D eigenvalue weighted by Crippen LogP contribution is 2.62. The van der Waals surface area contributed by atoms with Crippen LogP contribution in [0.4, 0.5) is 0 Å². The first-order valence-corrected chi connectivity index (χ1v) is 15.5. The predicted molar refractivity (Wildman–Crippen MR) is 124 cm³/mol. The van der Waals surface area contributed by atoms with Gasteiger partial charge in [0, 0.05) is 28.8 Å². The Morgan fingerprint density at radius 3 is 2.15 bits per heavy atom. The van der Waals surface area contributed by atoms with Crippen LogP contribution in [-0.2, 0) is 9.22 Å². The van der Waals surface area contributed by atoms with E-state index in [1.54, 1.807) is 0 Å². The lowest BCUT2D eigenvalue weighted by Gasteiger charge is -2.38. The summed E-state index contributed by atoms with van der Waals surface area (Å²) in [6, 6.07) is 0. The minimum absolute atomic E-state index is 0.0170. The molecule has 1 spiro atoms. The van der Waals surface area contributed by atoms with Gasteiger partial charge in [-0.3, -0.25) is 4.79 Å². The number of carbonyl (C=O) groups excluding carboxylic acids is 1. The number of rotatable bonds is 4. The fraction of sp³-hybridized carbons (Fsp3) is 0.950. The van der Waals surface area contributed by atoms with E-state index in [4.69, 9.17) is 4.43 Å². The van der Waals surface area contributed by atoms with Crippen molar-refractivity contribution in [3.8, 4) is 0 Å². The van der Waals surface area contributed by atoms with E-state index >= 15 is 0 Å². The van der Waals surface area contributed by atoms with Crippen LogP contribution in [0.1, 0.15) is 54.9 Å². The van der Waals surface area contributed by atoms with Gasteiger partial charge in [0.25, 0.3) is 0 Å². The molecule has 152 valence electrons. The molecule has 26 heavy (non-hydrogen) atoms. The standard InChI is InChI=1S/C20H38O2S3Si/c1-14-16(13-22-26(8,9)19(5,6)7)15(17(21)25-18(2,3)4)12-20(14)23-10-11-24-20/h14-16H,10-13H2,1-9H3/t14-,15+,16-/m0/s1. The van der Waals surface area contributed by atoms with Crippen LogP contribution in [0, 0.1) is 17.8 Å². The molecule has 0 aromatic rings. The molecule has 0 unspecified atom stereocenters. The van der Waals surface area contributed by atoms with Gasteiger partial charge in [0.15, 0.2) is 13.4 Å². The molecule has 0 radical (unpaired) electrons. The normalized spacial score (nSPS) is 29.5. The summed E-state index contributed by atoms with van der Waals surface area (Å²) in [6.07, 6.45) is 1.02. The van der Waals surface area contributed by atoms with Crippen molar-refractivity contribution in [2.45, 2.75) is 81.8 Å². The lowest BCUT2D eigenvalue weighted by atomic mass is 9.92. The maximum Gasteiger partial charge on any atom is 0.192 e. The van der Waals surface area contributed by atoms with Crippen molar-refractivity contribution in [1.82, 2.24) is 0 Å². The zero-order valence-corrected chi connectivity index (χ0v) is 21.6. The summed E-state index contributed by atoms with van der Waals surface area (Å²) >= 11 is 5.74. The first-order chi connectivity index (χ1) is 11.7. The van der Waals surface area contributed by atoms with Crippen molar-refractivity contribution >= 4 is 48.7 Å². The summed E-state index contributed by atoms with van der Waals surface area (Å²) < 4.78 is 6.84. The Morgan fingerprint density at radius 2 is 1.69 bits per heavy atom. The van der Waals surface area contributed by atoms with Gasteiger partial charge in [-0.15, -0.1) is 23.5 Å². The fourth-order valence-electron chi connectivity index (χ4n) is 3.59. The van der Waals surface area contributed by atoms with Gasteiger partial charge >= 0.3 is 0 Å². The minimum Gasteiger partial charge on any atom is -0.417 e. The lowest BCUT2D eigenvalue weighted by Crippen LogP contribution is -2.43. The summed E-state index contributed by atoms with van der Waals surface area (Å²) in [5.74, 6) is 3.46. The lowest BCUT2D eigenvalue weighted by molar-refractivity contribution is -0.116. The van der Waals surface area contributed by atoms with Gasteiger partial charge in [-0.25, -0.2) is 0 Å². The Labute approximate surface area is 175 Å². The molecule has 1 saturated carbocycles. The quantitative estimate of drug-likeness (QED) is 0.470. The van der Waals surface area contributed by atoms with Crippen LogP contribution in [-0.4, -0.2) is 40.4 Å². The summed E-state index contributed by atoms with van der Waals surface area (Å²) in [5, 5.41) is 0.599. The van der Waals surface area contributed by atoms with Crippen LogP contribution in [0.15, 0.2) is 0 Å². The van der Waals surface area contributed by atoms with E-state index in [0.29, 0.717) is 17.0 Å². The van der Waals surface area contributed by atoms with Gasteiger partial charge in [0.1, 0.15) is 0 Å². The van der Waals surface area contributed by atoms with Crippen LogP contribution in [0.2, 0.25) is 18.1 Å². The Morgan fingerprint density at radius 1 is 1.15 bits per heavy atom. The SMILES string of the molecule is C[C@H]1[C@H](CO[Si](C)(C)C(C)(C)C)[C@H](C(=O)SC(C)(C)C)CC12SCCS2. The van der Waals surface area contributed by atoms with Crippen LogP contribution in [0.5, 0.6) is 0 Å². The van der Waals surface area contributed by atoms with Crippen molar-refractivity contribution in [3.63, 3.8) is 0 Å². The van der Waals surface area contributed by atoms with Crippen molar-refractivity contribution in [2.75, 3.05) is 18.1 Å². The highest BCUT2D eigenvalue weighted by atomic mass is 32.2. The smallest absolute Gasteiger partial charge is 0.192 e. The second kappa shape index (κ2) is 7.96. The van der Waals surface area contributed by atoms with E-state index in [9.17, 15) is 4.79 Å². The van der Waals surface area contributed by atoms with Gasteiger partial charge in [-0.2, -0.15) is 0 Å². The zero-order valence-electron chi connectivity index (χ0n) is 18.1. The third kappa shape index (κ3) is 5.08. The number of hydrogen-bond acceptors (Lipinski definition) is 5. The molecular weight excluding hydrogens is 397 g/mol. The highest BCUT2D eigenvalue weighted by molar-refractivity contribution is 8.21.